The standard InChI is InChI=1S/C21H17F4N5O/c1-12-9-13(4-5-15(12)22)19-20(30-16(29-19)3-2-7-26)14-6-8-27-17(10-14)28-18(31)11-21(23,24)25/h2-10,26H,11H2,1H3,(H,29,30)(H,27,28,31)/b3-2-,26-7?. The van der Waals surface area contributed by atoms with Crippen LogP contribution in [0.4, 0.5) is 23.4 Å². The molecule has 3 aromatic rings. The van der Waals surface area contributed by atoms with Gasteiger partial charge in [-0.3, -0.25) is 4.79 Å². The SMILES string of the molecule is Cc1cc(-c2nc(/C=C\C=N)[nH]c2-c2ccnc(NC(=O)CC(F)(F)F)c2)ccc1F. The lowest BCUT2D eigenvalue weighted by atomic mass is 10.0. The number of rotatable bonds is 6. The van der Waals surface area contributed by atoms with Gasteiger partial charge in [0.2, 0.25) is 5.91 Å². The van der Waals surface area contributed by atoms with Gasteiger partial charge in [0.25, 0.3) is 0 Å². The number of alkyl halides is 3. The largest absolute Gasteiger partial charge is 0.397 e. The molecule has 0 saturated carbocycles. The zero-order valence-corrected chi connectivity index (χ0v) is 16.2. The summed E-state index contributed by atoms with van der Waals surface area (Å²) in [6, 6.07) is 7.49. The molecule has 160 valence electrons. The highest BCUT2D eigenvalue weighted by Gasteiger charge is 2.31. The Morgan fingerprint density at radius 2 is 2.00 bits per heavy atom. The van der Waals surface area contributed by atoms with Crippen LogP contribution in [-0.2, 0) is 4.79 Å². The van der Waals surface area contributed by atoms with Crippen molar-refractivity contribution in [3.8, 4) is 22.5 Å². The molecule has 0 aliphatic carbocycles. The number of benzene rings is 1. The van der Waals surface area contributed by atoms with Crippen LogP contribution in [0.25, 0.3) is 28.6 Å². The summed E-state index contributed by atoms with van der Waals surface area (Å²) in [4.78, 5) is 23.0. The lowest BCUT2D eigenvalue weighted by Crippen LogP contribution is -2.21. The van der Waals surface area contributed by atoms with E-state index in [-0.39, 0.29) is 11.6 Å². The Hall–Kier alpha value is -3.82. The van der Waals surface area contributed by atoms with E-state index in [4.69, 9.17) is 5.41 Å². The van der Waals surface area contributed by atoms with E-state index in [9.17, 15) is 22.4 Å². The molecule has 0 spiro atoms. The Morgan fingerprint density at radius 1 is 1.23 bits per heavy atom. The first-order valence-corrected chi connectivity index (χ1v) is 9.03. The number of pyridine rings is 1. The smallest absolute Gasteiger partial charge is 0.338 e. The monoisotopic (exact) mass is 431 g/mol. The van der Waals surface area contributed by atoms with Crippen LogP contribution < -0.4 is 5.32 Å². The summed E-state index contributed by atoms with van der Waals surface area (Å²) in [5.41, 5.74) is 2.48. The fourth-order valence-corrected chi connectivity index (χ4v) is 2.84. The van der Waals surface area contributed by atoms with Gasteiger partial charge in [-0.15, -0.1) is 0 Å². The fourth-order valence-electron chi connectivity index (χ4n) is 2.84. The van der Waals surface area contributed by atoms with Crippen LogP contribution in [0.1, 0.15) is 17.8 Å². The highest BCUT2D eigenvalue weighted by molar-refractivity contribution is 5.91. The molecule has 0 atom stereocenters. The third-order valence-electron chi connectivity index (χ3n) is 4.18. The van der Waals surface area contributed by atoms with Gasteiger partial charge in [0.05, 0.1) is 11.4 Å². The molecule has 1 amide bonds. The average Bonchev–Trinajstić information content (AvgIpc) is 3.11. The minimum absolute atomic E-state index is 0.0563. The van der Waals surface area contributed by atoms with Crippen molar-refractivity contribution >= 4 is 24.0 Å². The van der Waals surface area contributed by atoms with Crippen LogP contribution in [0, 0.1) is 18.2 Å². The van der Waals surface area contributed by atoms with Gasteiger partial charge in [0.15, 0.2) is 0 Å². The molecule has 2 heterocycles. The molecule has 0 radical (unpaired) electrons. The number of carbonyl (C=O) groups is 1. The first kappa shape index (κ1) is 21.9. The van der Waals surface area contributed by atoms with E-state index in [0.29, 0.717) is 33.9 Å². The lowest BCUT2D eigenvalue weighted by molar-refractivity contribution is -0.150. The number of nitrogens with one attached hydrogen (secondary N) is 3. The average molecular weight is 431 g/mol. The van der Waals surface area contributed by atoms with Crippen molar-refractivity contribution in [1.82, 2.24) is 15.0 Å². The number of aromatic nitrogens is 3. The number of aromatic amines is 1. The number of H-pyrrole nitrogens is 1. The van der Waals surface area contributed by atoms with E-state index >= 15 is 0 Å². The molecular formula is C21H17F4N5O. The number of anilines is 1. The van der Waals surface area contributed by atoms with Gasteiger partial charge in [-0.05, 0) is 55.0 Å². The summed E-state index contributed by atoms with van der Waals surface area (Å²) in [5, 5.41) is 9.25. The normalized spacial score (nSPS) is 11.6. The highest BCUT2D eigenvalue weighted by Crippen LogP contribution is 2.32. The summed E-state index contributed by atoms with van der Waals surface area (Å²) in [7, 11) is 0. The second-order valence-electron chi connectivity index (χ2n) is 6.61. The van der Waals surface area contributed by atoms with Gasteiger partial charge in [-0.25, -0.2) is 14.4 Å². The number of hydrogen-bond donors (Lipinski definition) is 3. The molecule has 0 saturated heterocycles. The van der Waals surface area contributed by atoms with Crippen LogP contribution in [0.5, 0.6) is 0 Å². The van der Waals surface area contributed by atoms with Crippen molar-refractivity contribution < 1.29 is 22.4 Å². The molecular weight excluding hydrogens is 414 g/mol. The summed E-state index contributed by atoms with van der Waals surface area (Å²) in [5.74, 6) is -1.25. The molecule has 0 aliphatic rings. The zero-order chi connectivity index (χ0) is 22.6. The number of imidazole rings is 1. The van der Waals surface area contributed by atoms with Crippen molar-refractivity contribution in [2.24, 2.45) is 0 Å². The van der Waals surface area contributed by atoms with Crippen molar-refractivity contribution in [3.05, 3.63) is 59.8 Å². The highest BCUT2D eigenvalue weighted by atomic mass is 19.4. The Morgan fingerprint density at radius 3 is 2.68 bits per heavy atom. The Bertz CT molecular complexity index is 1150. The van der Waals surface area contributed by atoms with Crippen molar-refractivity contribution in [1.29, 1.82) is 5.41 Å². The summed E-state index contributed by atoms with van der Waals surface area (Å²) in [6.45, 7) is 1.61. The predicted molar refractivity (Wildman–Crippen MR) is 109 cm³/mol. The maximum absolute atomic E-state index is 13.7. The fraction of sp³-hybridized carbons (Fsp3) is 0.143. The van der Waals surface area contributed by atoms with Gasteiger partial charge >= 0.3 is 6.18 Å². The zero-order valence-electron chi connectivity index (χ0n) is 16.2. The van der Waals surface area contributed by atoms with Crippen molar-refractivity contribution in [3.63, 3.8) is 0 Å². The van der Waals surface area contributed by atoms with E-state index in [1.165, 1.54) is 24.4 Å². The number of carbonyl (C=O) groups excluding carboxylic acids is 1. The van der Waals surface area contributed by atoms with Gasteiger partial charge < -0.3 is 15.7 Å². The molecule has 0 fully saturated rings. The Balaban J connectivity index is 2.02. The summed E-state index contributed by atoms with van der Waals surface area (Å²) in [6.07, 6.45) is -0.825. The summed E-state index contributed by atoms with van der Waals surface area (Å²) < 4.78 is 51.0. The van der Waals surface area contributed by atoms with Gasteiger partial charge in [0.1, 0.15) is 23.9 Å². The van der Waals surface area contributed by atoms with E-state index in [0.717, 1.165) is 6.21 Å². The third-order valence-corrected chi connectivity index (χ3v) is 4.18. The molecule has 10 heteroatoms. The van der Waals surface area contributed by atoms with Crippen LogP contribution in [0.2, 0.25) is 0 Å². The number of nitrogens with zero attached hydrogens (tertiary/aromatic N) is 2. The quantitative estimate of drug-likeness (QED) is 0.373. The van der Waals surface area contributed by atoms with Crippen LogP contribution in [-0.4, -0.2) is 33.3 Å². The first-order chi connectivity index (χ1) is 14.7. The van der Waals surface area contributed by atoms with Crippen molar-refractivity contribution in [2.45, 2.75) is 19.5 Å². The van der Waals surface area contributed by atoms with E-state index in [1.54, 1.807) is 31.2 Å². The van der Waals surface area contributed by atoms with E-state index in [1.807, 2.05) is 0 Å². The molecule has 0 aliphatic heterocycles. The van der Waals surface area contributed by atoms with Gasteiger partial charge in [0, 0.05) is 23.5 Å². The molecule has 6 nitrogen and oxygen atoms in total. The minimum Gasteiger partial charge on any atom is -0.338 e. The van der Waals surface area contributed by atoms with Crippen LogP contribution >= 0.6 is 0 Å². The number of amides is 1. The third kappa shape index (κ3) is 5.62. The second kappa shape index (κ2) is 8.90. The molecule has 3 N–H and O–H groups in total. The van der Waals surface area contributed by atoms with Gasteiger partial charge in [-0.1, -0.05) is 0 Å². The van der Waals surface area contributed by atoms with Crippen LogP contribution in [0.15, 0.2) is 42.6 Å². The molecule has 31 heavy (non-hydrogen) atoms. The molecule has 0 bridgehead atoms. The lowest BCUT2D eigenvalue weighted by Gasteiger charge is -2.09. The Labute approximate surface area is 174 Å². The first-order valence-electron chi connectivity index (χ1n) is 9.03. The molecule has 0 unspecified atom stereocenters. The molecule has 1 aromatic carbocycles. The van der Waals surface area contributed by atoms with Crippen molar-refractivity contribution in [2.75, 3.05) is 5.32 Å². The number of allylic oxidation sites excluding steroid dienone is 1. The summed E-state index contributed by atoms with van der Waals surface area (Å²) >= 11 is 0. The Kier molecular flexibility index (Phi) is 6.28. The van der Waals surface area contributed by atoms with E-state index in [2.05, 4.69) is 20.3 Å². The number of aryl methyl sites for hydroxylation is 1. The maximum Gasteiger partial charge on any atom is 0.397 e. The predicted octanol–water partition coefficient (Wildman–Crippen LogP) is 5.14. The minimum atomic E-state index is -4.63. The van der Waals surface area contributed by atoms with Gasteiger partial charge in [-0.2, -0.15) is 13.2 Å². The van der Waals surface area contributed by atoms with E-state index < -0.39 is 18.5 Å². The number of hydrogen-bond acceptors (Lipinski definition) is 4. The topological polar surface area (TPSA) is 94.5 Å². The second-order valence-corrected chi connectivity index (χ2v) is 6.61. The number of halogens is 4. The molecule has 3 rings (SSSR count). The maximum atomic E-state index is 13.7. The van der Waals surface area contributed by atoms with Crippen LogP contribution in [0.3, 0.4) is 0 Å². The molecule has 2 aromatic heterocycles.